The van der Waals surface area contributed by atoms with E-state index in [1.165, 1.54) is 0 Å². The van der Waals surface area contributed by atoms with Gasteiger partial charge >= 0.3 is 0 Å². The zero-order valence-corrected chi connectivity index (χ0v) is 14.1. The molecule has 1 aromatic carbocycles. The Morgan fingerprint density at radius 1 is 1.33 bits per heavy atom. The lowest BCUT2D eigenvalue weighted by atomic mass is 10.1. The van der Waals surface area contributed by atoms with E-state index in [1.54, 1.807) is 4.57 Å². The minimum atomic E-state index is 0.0228. The van der Waals surface area contributed by atoms with Crippen LogP contribution >= 0.6 is 50.1 Å². The van der Waals surface area contributed by atoms with Crippen molar-refractivity contribution in [3.8, 4) is 11.3 Å². The molecule has 0 saturated carbocycles. The molecule has 0 aliphatic heterocycles. The van der Waals surface area contributed by atoms with Crippen LogP contribution in [0.3, 0.4) is 0 Å². The van der Waals surface area contributed by atoms with E-state index in [0.717, 1.165) is 15.7 Å². The molecule has 0 amide bonds. The van der Waals surface area contributed by atoms with E-state index in [9.17, 15) is 4.79 Å². The number of rotatable bonds is 2. The molecule has 0 N–H and O–H groups in total. The second kappa shape index (κ2) is 5.75. The first kappa shape index (κ1) is 14.1. The molecule has 0 atom stereocenters. The Hall–Kier alpha value is -0.330. The summed E-state index contributed by atoms with van der Waals surface area (Å²) >= 11 is 11.7. The topological polar surface area (TPSA) is 22.0 Å². The van der Waals surface area contributed by atoms with Crippen LogP contribution in [0.25, 0.3) is 11.3 Å². The minimum Gasteiger partial charge on any atom is -0.308 e. The summed E-state index contributed by atoms with van der Waals surface area (Å²) in [7, 11) is 0. The minimum absolute atomic E-state index is 0.0228. The summed E-state index contributed by atoms with van der Waals surface area (Å²) in [5.74, 6) is 0. The van der Waals surface area contributed by atoms with Crippen LogP contribution < -0.4 is 5.56 Å². The van der Waals surface area contributed by atoms with Gasteiger partial charge in [0.2, 0.25) is 0 Å². The van der Waals surface area contributed by atoms with Crippen molar-refractivity contribution >= 4 is 50.1 Å². The predicted octanol–water partition coefficient (Wildman–Crippen LogP) is 4.56. The number of aromatic nitrogens is 1. The Morgan fingerprint density at radius 3 is 2.67 bits per heavy atom. The Kier molecular flexibility index (Phi) is 4.50. The van der Waals surface area contributed by atoms with Crippen molar-refractivity contribution < 1.29 is 0 Å². The second-order valence-electron chi connectivity index (χ2n) is 3.74. The van der Waals surface area contributed by atoms with Crippen molar-refractivity contribution in [2.24, 2.45) is 0 Å². The summed E-state index contributed by atoms with van der Waals surface area (Å²) in [5.41, 5.74) is 1.74. The van der Waals surface area contributed by atoms with Gasteiger partial charge in [0.25, 0.3) is 5.56 Å². The fourth-order valence-electron chi connectivity index (χ4n) is 1.80. The molecule has 1 aromatic heterocycles. The lowest BCUT2D eigenvalue weighted by molar-refractivity contribution is 0.731. The smallest absolute Gasteiger partial charge is 0.264 e. The molecule has 0 aliphatic rings. The highest BCUT2D eigenvalue weighted by Gasteiger charge is 2.10. The fourth-order valence-corrected chi connectivity index (χ4v) is 3.04. The third-order valence-electron chi connectivity index (χ3n) is 2.65. The highest BCUT2D eigenvalue weighted by molar-refractivity contribution is 14.1. The molecular weight excluding hydrogens is 428 g/mol. The van der Waals surface area contributed by atoms with Crippen molar-refractivity contribution in [1.29, 1.82) is 0 Å². The van der Waals surface area contributed by atoms with Gasteiger partial charge in [-0.2, -0.15) is 0 Å². The molecule has 0 spiro atoms. The summed E-state index contributed by atoms with van der Waals surface area (Å²) in [4.78, 5) is 12.1. The quantitative estimate of drug-likeness (QED) is 0.631. The molecule has 0 bridgehead atoms. The Labute approximate surface area is 132 Å². The van der Waals surface area contributed by atoms with Crippen LogP contribution in [0, 0.1) is 3.57 Å². The lowest BCUT2D eigenvalue weighted by Crippen LogP contribution is -2.22. The van der Waals surface area contributed by atoms with Crippen LogP contribution in [-0.4, -0.2) is 4.57 Å². The standard InChI is InChI=1S/C13H10BrClINO/c1-2-17-12(6-5-11(16)13(17)18)9-4-3-8(14)7-10(9)15/h3-7H,2H2,1H3. The normalized spacial score (nSPS) is 10.7. The van der Waals surface area contributed by atoms with Gasteiger partial charge in [-0.05, 0) is 53.8 Å². The van der Waals surface area contributed by atoms with Crippen LogP contribution in [0.1, 0.15) is 6.92 Å². The molecule has 1 heterocycles. The summed E-state index contributed by atoms with van der Waals surface area (Å²) in [6.07, 6.45) is 0. The number of hydrogen-bond donors (Lipinski definition) is 0. The van der Waals surface area contributed by atoms with Crippen molar-refractivity contribution in [3.63, 3.8) is 0 Å². The highest BCUT2D eigenvalue weighted by atomic mass is 127. The number of nitrogens with zero attached hydrogens (tertiary/aromatic N) is 1. The Morgan fingerprint density at radius 2 is 2.06 bits per heavy atom. The van der Waals surface area contributed by atoms with Gasteiger partial charge < -0.3 is 4.57 Å². The van der Waals surface area contributed by atoms with Crippen LogP contribution in [0.2, 0.25) is 5.02 Å². The lowest BCUT2D eigenvalue weighted by Gasteiger charge is -2.13. The largest absolute Gasteiger partial charge is 0.308 e. The molecule has 2 rings (SSSR count). The molecule has 94 valence electrons. The zero-order chi connectivity index (χ0) is 13.3. The SMILES string of the molecule is CCn1c(-c2ccc(Br)cc2Cl)ccc(I)c1=O. The first-order valence-electron chi connectivity index (χ1n) is 5.39. The van der Waals surface area contributed by atoms with Crippen LogP contribution in [0.15, 0.2) is 39.6 Å². The van der Waals surface area contributed by atoms with Gasteiger partial charge in [-0.3, -0.25) is 4.79 Å². The molecule has 5 heteroatoms. The van der Waals surface area contributed by atoms with Crippen molar-refractivity contribution in [2.75, 3.05) is 0 Å². The van der Waals surface area contributed by atoms with Crippen LogP contribution in [-0.2, 0) is 6.54 Å². The van der Waals surface area contributed by atoms with Crippen molar-refractivity contribution in [2.45, 2.75) is 13.5 Å². The number of benzene rings is 1. The van der Waals surface area contributed by atoms with Gasteiger partial charge in [-0.25, -0.2) is 0 Å². The fraction of sp³-hybridized carbons (Fsp3) is 0.154. The first-order chi connectivity index (χ1) is 8.54. The summed E-state index contributed by atoms with van der Waals surface area (Å²) in [6, 6.07) is 9.42. The Balaban J connectivity index is 2.71. The molecule has 18 heavy (non-hydrogen) atoms. The summed E-state index contributed by atoms with van der Waals surface area (Å²) in [5, 5.41) is 0.632. The maximum atomic E-state index is 12.1. The first-order valence-corrected chi connectivity index (χ1v) is 7.64. The second-order valence-corrected chi connectivity index (χ2v) is 6.23. The van der Waals surface area contributed by atoms with Gasteiger partial charge in [0.05, 0.1) is 14.3 Å². The molecule has 2 nitrogen and oxygen atoms in total. The van der Waals surface area contributed by atoms with Gasteiger partial charge in [-0.1, -0.05) is 33.6 Å². The molecule has 2 aromatic rings. The maximum Gasteiger partial charge on any atom is 0.264 e. The van der Waals surface area contributed by atoms with E-state index in [1.807, 2.05) is 59.8 Å². The summed E-state index contributed by atoms with van der Waals surface area (Å²) < 4.78 is 3.37. The molecule has 0 saturated heterocycles. The average Bonchev–Trinajstić information content (AvgIpc) is 2.33. The monoisotopic (exact) mass is 437 g/mol. The van der Waals surface area contributed by atoms with E-state index in [2.05, 4.69) is 15.9 Å². The van der Waals surface area contributed by atoms with Crippen molar-refractivity contribution in [3.05, 3.63) is 53.8 Å². The number of halogens is 3. The molecule has 0 fully saturated rings. The van der Waals surface area contributed by atoms with Crippen molar-refractivity contribution in [1.82, 2.24) is 4.57 Å². The molecule has 0 aliphatic carbocycles. The number of pyridine rings is 1. The maximum absolute atomic E-state index is 12.1. The van der Waals surface area contributed by atoms with Gasteiger partial charge in [0.1, 0.15) is 0 Å². The van der Waals surface area contributed by atoms with Crippen LogP contribution in [0.5, 0.6) is 0 Å². The van der Waals surface area contributed by atoms with E-state index < -0.39 is 0 Å². The summed E-state index contributed by atoms with van der Waals surface area (Å²) in [6.45, 7) is 2.57. The Bertz CT molecular complexity index is 654. The third-order valence-corrected chi connectivity index (χ3v) is 4.28. The predicted molar refractivity (Wildman–Crippen MR) is 87.2 cm³/mol. The number of hydrogen-bond acceptors (Lipinski definition) is 1. The molecular formula is C13H10BrClINO. The van der Waals surface area contributed by atoms with E-state index in [4.69, 9.17) is 11.6 Å². The third kappa shape index (κ3) is 2.65. The molecule has 0 unspecified atom stereocenters. The van der Waals surface area contributed by atoms with Gasteiger partial charge in [0, 0.05) is 16.6 Å². The van der Waals surface area contributed by atoms with Gasteiger partial charge in [-0.15, -0.1) is 0 Å². The average molecular weight is 438 g/mol. The van der Waals surface area contributed by atoms with E-state index >= 15 is 0 Å². The highest BCUT2D eigenvalue weighted by Crippen LogP contribution is 2.30. The molecule has 0 radical (unpaired) electrons. The van der Waals surface area contributed by atoms with Crippen LogP contribution in [0.4, 0.5) is 0 Å². The van der Waals surface area contributed by atoms with E-state index in [0.29, 0.717) is 15.1 Å². The van der Waals surface area contributed by atoms with E-state index in [-0.39, 0.29) is 5.56 Å². The zero-order valence-electron chi connectivity index (χ0n) is 9.58. The van der Waals surface area contributed by atoms with Gasteiger partial charge in [0.15, 0.2) is 0 Å².